The van der Waals surface area contributed by atoms with Crippen LogP contribution in [0.2, 0.25) is 0 Å². The smallest absolute Gasteiger partial charge is 0.306 e. The molecule has 0 aliphatic carbocycles. The molecule has 0 unspecified atom stereocenters. The van der Waals surface area contributed by atoms with E-state index >= 15 is 0 Å². The standard InChI is InChI=1S/C55H88N6O11S/c1-12-38(6)50(46(69-10)35-48(64)61-24-16-19-44(61)51(70-11)39(7)52(65)57-43(53-56-23-32-73-53)33-40-17-14-13-15-18-40)59(9)54(66)42(36(2)3)34-45(62)49(37(4)5)58(8)27-29-72-31-30-71-28-22-47(63)60-25-20-41(21-26-60)55(67)68/h13-15,17-18,23,32,36-39,41-44,46,49-51H,12,16,19-22,24-31,33-35H2,1-11H3,(H,57,65)(H,67,68)/t38-,39+,42-,43-,44-,46+,49-,50-,51+/m0/s1. The molecule has 4 rings (SSSR count). The number of aliphatic carboxylic acids is 1. The predicted octanol–water partition coefficient (Wildman–Crippen LogP) is 6.40. The molecule has 0 bridgehead atoms. The van der Waals surface area contributed by atoms with Crippen LogP contribution in [0.4, 0.5) is 0 Å². The molecular formula is C55H88N6O11S. The highest BCUT2D eigenvalue weighted by molar-refractivity contribution is 7.09. The molecule has 0 radical (unpaired) electrons. The summed E-state index contributed by atoms with van der Waals surface area (Å²) in [5.41, 5.74) is 1.08. The molecule has 3 heterocycles. The number of amides is 4. The summed E-state index contributed by atoms with van der Waals surface area (Å²) in [5, 5.41) is 15.2. The molecule has 18 heteroatoms. The molecule has 2 N–H and O–H groups in total. The molecule has 2 aliphatic rings. The van der Waals surface area contributed by atoms with Gasteiger partial charge in [-0.25, -0.2) is 4.98 Å². The fraction of sp³-hybridized carbons (Fsp3) is 0.727. The molecule has 73 heavy (non-hydrogen) atoms. The molecule has 410 valence electrons. The second kappa shape index (κ2) is 30.9. The summed E-state index contributed by atoms with van der Waals surface area (Å²) in [4.78, 5) is 93.1. The van der Waals surface area contributed by atoms with Crippen molar-refractivity contribution in [2.75, 3.05) is 80.9 Å². The lowest BCUT2D eigenvalue weighted by Gasteiger charge is -2.41. The van der Waals surface area contributed by atoms with Gasteiger partial charge in [-0.05, 0) is 62.5 Å². The maximum Gasteiger partial charge on any atom is 0.306 e. The molecule has 2 aromatic rings. The van der Waals surface area contributed by atoms with E-state index in [0.29, 0.717) is 71.7 Å². The summed E-state index contributed by atoms with van der Waals surface area (Å²) < 4.78 is 23.7. The first kappa shape index (κ1) is 61.2. The van der Waals surface area contributed by atoms with Crippen molar-refractivity contribution in [1.82, 2.24) is 29.9 Å². The van der Waals surface area contributed by atoms with Crippen molar-refractivity contribution >= 4 is 46.7 Å². The number of carboxylic acid groups (broad SMARTS) is 1. The number of aromatic nitrogens is 1. The lowest BCUT2D eigenvalue weighted by molar-refractivity contribution is -0.149. The average Bonchev–Trinajstić information content (AvgIpc) is 4.10. The minimum absolute atomic E-state index is 0.0236. The predicted molar refractivity (Wildman–Crippen MR) is 282 cm³/mol. The summed E-state index contributed by atoms with van der Waals surface area (Å²) in [6, 6.07) is 8.40. The number of nitrogens with zero attached hydrogens (tertiary/aromatic N) is 5. The third-order valence-corrected chi connectivity index (χ3v) is 16.1. The molecule has 2 saturated heterocycles. The van der Waals surface area contributed by atoms with E-state index in [-0.39, 0.29) is 91.0 Å². The van der Waals surface area contributed by atoms with Gasteiger partial charge in [0, 0.05) is 71.4 Å². The second-order valence-electron chi connectivity index (χ2n) is 20.9. The number of carboxylic acids is 1. The third-order valence-electron chi connectivity index (χ3n) is 15.2. The number of carbonyl (C=O) groups excluding carboxylic acids is 5. The van der Waals surface area contributed by atoms with E-state index < -0.39 is 42.1 Å². The van der Waals surface area contributed by atoms with E-state index in [9.17, 15) is 33.9 Å². The van der Waals surface area contributed by atoms with Crippen LogP contribution in [0, 0.1) is 35.5 Å². The van der Waals surface area contributed by atoms with Gasteiger partial charge in [0.15, 0.2) is 5.78 Å². The number of Topliss-reactive ketones (excluding diaryl/α,β-unsaturated/α-hetero) is 1. The van der Waals surface area contributed by atoms with E-state index in [2.05, 4.69) is 24.1 Å². The van der Waals surface area contributed by atoms with Gasteiger partial charge in [0.05, 0.1) is 87.5 Å². The summed E-state index contributed by atoms with van der Waals surface area (Å²) in [6.07, 6.45) is 4.51. The van der Waals surface area contributed by atoms with Gasteiger partial charge in [0.2, 0.25) is 23.6 Å². The number of ether oxygens (including phenoxy) is 4. The normalized spacial score (nSPS) is 18.8. The quantitative estimate of drug-likeness (QED) is 0.0765. The number of likely N-dealkylation sites (tertiary alicyclic amines) is 2. The van der Waals surface area contributed by atoms with Crippen molar-refractivity contribution < 1.29 is 52.8 Å². The first-order chi connectivity index (χ1) is 34.8. The van der Waals surface area contributed by atoms with Crippen LogP contribution in [0.3, 0.4) is 0 Å². The Morgan fingerprint density at radius 2 is 1.52 bits per heavy atom. The first-order valence-electron chi connectivity index (χ1n) is 26.6. The Balaban J connectivity index is 1.33. The molecular weight excluding hydrogens is 953 g/mol. The number of likely N-dealkylation sites (N-methyl/N-ethyl adjacent to an activating group) is 2. The summed E-state index contributed by atoms with van der Waals surface area (Å²) in [5.74, 6) is -3.14. The summed E-state index contributed by atoms with van der Waals surface area (Å²) in [6.45, 7) is 17.0. The number of ketones is 1. The van der Waals surface area contributed by atoms with E-state index in [4.69, 9.17) is 18.9 Å². The summed E-state index contributed by atoms with van der Waals surface area (Å²) >= 11 is 1.50. The lowest BCUT2D eigenvalue weighted by atomic mass is 9.83. The number of methoxy groups -OCH3 is 2. The lowest BCUT2D eigenvalue weighted by Crippen LogP contribution is -2.54. The van der Waals surface area contributed by atoms with Crippen LogP contribution in [-0.2, 0) is 54.1 Å². The Morgan fingerprint density at radius 3 is 2.10 bits per heavy atom. The zero-order valence-corrected chi connectivity index (χ0v) is 46.5. The zero-order chi connectivity index (χ0) is 53.8. The minimum Gasteiger partial charge on any atom is -0.481 e. The van der Waals surface area contributed by atoms with E-state index in [1.54, 1.807) is 37.3 Å². The Bertz CT molecular complexity index is 2000. The van der Waals surface area contributed by atoms with Crippen LogP contribution in [0.1, 0.15) is 116 Å². The van der Waals surface area contributed by atoms with Crippen LogP contribution in [0.25, 0.3) is 0 Å². The molecule has 2 aliphatic heterocycles. The van der Waals surface area contributed by atoms with Crippen LogP contribution in [0.5, 0.6) is 0 Å². The minimum atomic E-state index is -0.808. The van der Waals surface area contributed by atoms with Gasteiger partial charge in [0.1, 0.15) is 5.01 Å². The Hall–Kier alpha value is -4.33. The molecule has 17 nitrogen and oxygen atoms in total. The van der Waals surface area contributed by atoms with Crippen molar-refractivity contribution in [3.05, 3.63) is 52.5 Å². The SMILES string of the molecule is CC[C@H](C)[C@@H]([C@@H](CC(=O)N1CCC[C@H]1[C@H](OC)[C@@H](C)C(=O)N[C@@H](Cc1ccccc1)c1nccs1)OC)N(C)C(=O)[C@@H](CC(=O)[C@H](C(C)C)N(C)CCOCCOCCC(=O)N1CCC(C(=O)O)CC1)C(C)C. The Kier molecular flexibility index (Phi) is 25.9. The molecule has 1 aromatic carbocycles. The number of piperidine rings is 1. The topological polar surface area (TPSA) is 197 Å². The van der Waals surface area contributed by atoms with Crippen molar-refractivity contribution in [3.8, 4) is 0 Å². The molecule has 0 spiro atoms. The van der Waals surface area contributed by atoms with Gasteiger partial charge < -0.3 is 44.1 Å². The molecule has 0 saturated carbocycles. The van der Waals surface area contributed by atoms with E-state index in [1.807, 2.05) is 87.2 Å². The van der Waals surface area contributed by atoms with Gasteiger partial charge in [0.25, 0.3) is 0 Å². The number of hydrogen-bond donors (Lipinski definition) is 2. The fourth-order valence-electron chi connectivity index (χ4n) is 10.8. The van der Waals surface area contributed by atoms with Crippen molar-refractivity contribution in [3.63, 3.8) is 0 Å². The second-order valence-corrected chi connectivity index (χ2v) is 21.8. The maximum atomic E-state index is 14.7. The van der Waals surface area contributed by atoms with Gasteiger partial charge >= 0.3 is 5.97 Å². The number of carbonyl (C=O) groups is 6. The molecule has 4 amide bonds. The van der Waals surface area contributed by atoms with Crippen molar-refractivity contribution in [2.24, 2.45) is 35.5 Å². The van der Waals surface area contributed by atoms with E-state index in [1.165, 1.54) is 11.3 Å². The van der Waals surface area contributed by atoms with Gasteiger partial charge in [-0.1, -0.05) is 85.2 Å². The fourth-order valence-corrected chi connectivity index (χ4v) is 11.5. The van der Waals surface area contributed by atoms with Crippen molar-refractivity contribution in [1.29, 1.82) is 0 Å². The van der Waals surface area contributed by atoms with Crippen LogP contribution in [0.15, 0.2) is 41.9 Å². The summed E-state index contributed by atoms with van der Waals surface area (Å²) in [7, 11) is 6.83. The highest BCUT2D eigenvalue weighted by Crippen LogP contribution is 2.32. The first-order valence-corrected chi connectivity index (χ1v) is 27.5. The average molecular weight is 1040 g/mol. The zero-order valence-electron chi connectivity index (χ0n) is 45.7. The largest absolute Gasteiger partial charge is 0.481 e. The van der Waals surface area contributed by atoms with Crippen molar-refractivity contribution in [2.45, 2.75) is 143 Å². The van der Waals surface area contributed by atoms with E-state index in [0.717, 1.165) is 23.4 Å². The van der Waals surface area contributed by atoms with Crippen LogP contribution < -0.4 is 5.32 Å². The van der Waals surface area contributed by atoms with Gasteiger partial charge in [-0.2, -0.15) is 0 Å². The number of thiazole rings is 1. The third kappa shape index (κ3) is 17.9. The Labute approximate surface area is 439 Å². The molecule has 2 fully saturated rings. The van der Waals surface area contributed by atoms with Gasteiger partial charge in [-0.3, -0.25) is 33.7 Å². The number of nitrogens with one attached hydrogen (secondary N) is 1. The number of hydrogen-bond acceptors (Lipinski definition) is 13. The highest BCUT2D eigenvalue weighted by atomic mass is 32.1. The maximum absolute atomic E-state index is 14.7. The highest BCUT2D eigenvalue weighted by Gasteiger charge is 2.44. The number of rotatable bonds is 32. The van der Waals surface area contributed by atoms with Crippen LogP contribution >= 0.6 is 11.3 Å². The monoisotopic (exact) mass is 1040 g/mol. The number of benzene rings is 1. The molecule has 9 atom stereocenters. The Morgan fingerprint density at radius 1 is 0.849 bits per heavy atom. The molecule has 1 aromatic heterocycles. The van der Waals surface area contributed by atoms with Crippen LogP contribution in [-0.4, -0.2) is 176 Å². The van der Waals surface area contributed by atoms with Gasteiger partial charge in [-0.15, -0.1) is 11.3 Å².